The van der Waals surface area contributed by atoms with E-state index in [2.05, 4.69) is 10.6 Å². The number of rotatable bonds is 5. The van der Waals surface area contributed by atoms with Crippen molar-refractivity contribution in [3.05, 3.63) is 29.8 Å². The number of ether oxygens (including phenoxy) is 1. The van der Waals surface area contributed by atoms with Crippen molar-refractivity contribution in [2.24, 2.45) is 17.3 Å². The molecule has 29 heavy (non-hydrogen) atoms. The molecule has 4 saturated carbocycles. The highest BCUT2D eigenvalue weighted by atomic mass is 16.5. The fourth-order valence-electron chi connectivity index (χ4n) is 6.33. The van der Waals surface area contributed by atoms with Crippen LogP contribution in [-0.4, -0.2) is 29.4 Å². The first-order chi connectivity index (χ1) is 13.7. The van der Waals surface area contributed by atoms with Crippen LogP contribution in [0.5, 0.6) is 0 Å². The van der Waals surface area contributed by atoms with Gasteiger partial charge in [0.05, 0.1) is 5.41 Å². The van der Waals surface area contributed by atoms with Crippen LogP contribution in [-0.2, 0) is 19.1 Å². The Labute approximate surface area is 171 Å². The highest BCUT2D eigenvalue weighted by Gasteiger charge is 2.61. The standard InChI is InChI=1S/C23H30N2O4/c1-14-5-4-6-19(7-14)24-20(27)15(2)29-21(28)22-9-17-8-18(10-22)12-23(11-17,13-22)25-16(3)26/h4-7,15,17-18H,8-13H2,1-3H3,(H,24,27)(H,25,26). The predicted octanol–water partition coefficient (Wildman–Crippen LogP) is 3.34. The molecule has 6 heteroatoms. The molecule has 4 bridgehead atoms. The molecule has 2 amide bonds. The average molecular weight is 399 g/mol. The van der Waals surface area contributed by atoms with Crippen LogP contribution in [0.1, 0.15) is 57.9 Å². The van der Waals surface area contributed by atoms with Gasteiger partial charge in [0.2, 0.25) is 5.91 Å². The van der Waals surface area contributed by atoms with E-state index < -0.39 is 11.5 Å². The van der Waals surface area contributed by atoms with E-state index in [9.17, 15) is 14.4 Å². The number of esters is 1. The Balaban J connectivity index is 1.45. The topological polar surface area (TPSA) is 84.5 Å². The lowest BCUT2D eigenvalue weighted by molar-refractivity contribution is -0.181. The summed E-state index contributed by atoms with van der Waals surface area (Å²) in [5, 5.41) is 5.98. The molecule has 5 rings (SSSR count). The number of carbonyl (C=O) groups excluding carboxylic acids is 3. The van der Waals surface area contributed by atoms with Crippen LogP contribution < -0.4 is 10.6 Å². The number of aryl methyl sites for hydroxylation is 1. The first kappa shape index (κ1) is 19.9. The van der Waals surface area contributed by atoms with Gasteiger partial charge in [0.25, 0.3) is 5.91 Å². The average Bonchev–Trinajstić information content (AvgIpc) is 2.59. The van der Waals surface area contributed by atoms with Crippen LogP contribution in [0, 0.1) is 24.2 Å². The van der Waals surface area contributed by atoms with E-state index in [0.717, 1.165) is 37.7 Å². The first-order valence-electron chi connectivity index (χ1n) is 10.6. The Morgan fingerprint density at radius 1 is 1.14 bits per heavy atom. The smallest absolute Gasteiger partial charge is 0.312 e. The predicted molar refractivity (Wildman–Crippen MR) is 109 cm³/mol. The molecule has 0 radical (unpaired) electrons. The van der Waals surface area contributed by atoms with E-state index in [4.69, 9.17) is 4.74 Å². The summed E-state index contributed by atoms with van der Waals surface area (Å²) >= 11 is 0. The molecule has 4 aliphatic rings. The number of nitrogens with one attached hydrogen (secondary N) is 2. The van der Waals surface area contributed by atoms with Gasteiger partial charge in [-0.2, -0.15) is 0 Å². The van der Waals surface area contributed by atoms with E-state index in [1.807, 2.05) is 31.2 Å². The summed E-state index contributed by atoms with van der Waals surface area (Å²) < 4.78 is 5.69. The van der Waals surface area contributed by atoms with Gasteiger partial charge in [-0.25, -0.2) is 0 Å². The van der Waals surface area contributed by atoms with Crippen molar-refractivity contribution in [3.8, 4) is 0 Å². The van der Waals surface area contributed by atoms with Gasteiger partial charge in [-0.05, 0) is 81.9 Å². The van der Waals surface area contributed by atoms with Crippen molar-refractivity contribution in [1.29, 1.82) is 0 Å². The van der Waals surface area contributed by atoms with E-state index in [1.54, 1.807) is 13.8 Å². The van der Waals surface area contributed by atoms with E-state index in [-0.39, 0.29) is 23.3 Å². The number of carbonyl (C=O) groups is 3. The number of benzene rings is 1. The monoisotopic (exact) mass is 398 g/mol. The largest absolute Gasteiger partial charge is 0.452 e. The van der Waals surface area contributed by atoms with E-state index >= 15 is 0 Å². The molecule has 156 valence electrons. The van der Waals surface area contributed by atoms with Crippen molar-refractivity contribution in [2.45, 2.75) is 70.9 Å². The molecule has 4 aliphatic carbocycles. The fourth-order valence-corrected chi connectivity index (χ4v) is 6.33. The molecule has 1 aromatic rings. The minimum absolute atomic E-state index is 0.0404. The molecule has 2 N–H and O–H groups in total. The van der Waals surface area contributed by atoms with Gasteiger partial charge in [0, 0.05) is 18.2 Å². The summed E-state index contributed by atoms with van der Waals surface area (Å²) in [5.41, 5.74) is 0.869. The Morgan fingerprint density at radius 2 is 1.83 bits per heavy atom. The van der Waals surface area contributed by atoms with Crippen molar-refractivity contribution in [2.75, 3.05) is 5.32 Å². The van der Waals surface area contributed by atoms with Crippen LogP contribution in [0.4, 0.5) is 5.69 Å². The lowest BCUT2D eigenvalue weighted by Gasteiger charge is -2.60. The van der Waals surface area contributed by atoms with Gasteiger partial charge in [-0.3, -0.25) is 14.4 Å². The van der Waals surface area contributed by atoms with Crippen LogP contribution in [0.15, 0.2) is 24.3 Å². The zero-order valence-electron chi connectivity index (χ0n) is 17.4. The highest BCUT2D eigenvalue weighted by molar-refractivity contribution is 5.95. The molecule has 4 fully saturated rings. The summed E-state index contributed by atoms with van der Waals surface area (Å²) in [7, 11) is 0. The summed E-state index contributed by atoms with van der Waals surface area (Å²) in [6, 6.07) is 7.52. The Morgan fingerprint density at radius 3 is 2.45 bits per heavy atom. The molecule has 0 spiro atoms. The maximum Gasteiger partial charge on any atom is 0.312 e. The minimum Gasteiger partial charge on any atom is -0.452 e. The van der Waals surface area contributed by atoms with Crippen LogP contribution in [0.3, 0.4) is 0 Å². The molecular formula is C23H30N2O4. The SMILES string of the molecule is CC(=O)NC12CC3CC(C1)CC(C(=O)OC(C)C(=O)Nc1cccc(C)c1)(C3)C2. The third kappa shape index (κ3) is 3.89. The molecule has 3 atom stereocenters. The zero-order valence-corrected chi connectivity index (χ0v) is 17.4. The van der Waals surface area contributed by atoms with Gasteiger partial charge in [0.1, 0.15) is 0 Å². The summed E-state index contributed by atoms with van der Waals surface area (Å²) in [6.07, 6.45) is 4.37. The van der Waals surface area contributed by atoms with E-state index in [0.29, 0.717) is 23.9 Å². The molecule has 1 aromatic carbocycles. The summed E-state index contributed by atoms with van der Waals surface area (Å²) in [6.45, 7) is 5.12. The fraction of sp³-hybridized carbons (Fsp3) is 0.609. The Bertz CT molecular complexity index is 835. The number of anilines is 1. The molecule has 3 unspecified atom stereocenters. The quantitative estimate of drug-likeness (QED) is 0.745. The van der Waals surface area contributed by atoms with Crippen molar-refractivity contribution in [1.82, 2.24) is 5.32 Å². The van der Waals surface area contributed by atoms with Crippen molar-refractivity contribution < 1.29 is 19.1 Å². The number of hydrogen-bond donors (Lipinski definition) is 2. The van der Waals surface area contributed by atoms with E-state index in [1.165, 1.54) is 0 Å². The van der Waals surface area contributed by atoms with Crippen LogP contribution >= 0.6 is 0 Å². The van der Waals surface area contributed by atoms with Gasteiger partial charge in [0.15, 0.2) is 6.10 Å². The number of hydrogen-bond acceptors (Lipinski definition) is 4. The first-order valence-corrected chi connectivity index (χ1v) is 10.6. The van der Waals surface area contributed by atoms with Crippen LogP contribution in [0.25, 0.3) is 0 Å². The molecule has 0 heterocycles. The molecule has 6 nitrogen and oxygen atoms in total. The molecule has 0 aliphatic heterocycles. The second-order valence-corrected chi connectivity index (χ2v) is 9.61. The zero-order chi connectivity index (χ0) is 20.8. The third-order valence-electron chi connectivity index (χ3n) is 6.87. The van der Waals surface area contributed by atoms with Crippen molar-refractivity contribution in [3.63, 3.8) is 0 Å². The van der Waals surface area contributed by atoms with Gasteiger partial charge >= 0.3 is 5.97 Å². The Kier molecular flexibility index (Phi) is 4.91. The lowest BCUT2D eigenvalue weighted by atomic mass is 9.47. The van der Waals surface area contributed by atoms with Gasteiger partial charge < -0.3 is 15.4 Å². The maximum absolute atomic E-state index is 13.2. The highest BCUT2D eigenvalue weighted by Crippen LogP contribution is 2.62. The van der Waals surface area contributed by atoms with Crippen LogP contribution in [0.2, 0.25) is 0 Å². The van der Waals surface area contributed by atoms with Gasteiger partial charge in [-0.15, -0.1) is 0 Å². The second-order valence-electron chi connectivity index (χ2n) is 9.61. The number of amides is 2. The third-order valence-corrected chi connectivity index (χ3v) is 6.87. The normalized spacial score (nSPS) is 33.1. The second kappa shape index (κ2) is 7.15. The van der Waals surface area contributed by atoms with Gasteiger partial charge in [-0.1, -0.05) is 12.1 Å². The summed E-state index contributed by atoms with van der Waals surface area (Å²) in [4.78, 5) is 37.6. The minimum atomic E-state index is -0.868. The molecule has 0 aromatic heterocycles. The Hall–Kier alpha value is -2.37. The maximum atomic E-state index is 13.2. The lowest BCUT2D eigenvalue weighted by Crippen LogP contribution is -2.65. The van der Waals surface area contributed by atoms with Crippen molar-refractivity contribution >= 4 is 23.5 Å². The molecular weight excluding hydrogens is 368 g/mol. The molecule has 0 saturated heterocycles. The summed E-state index contributed by atoms with van der Waals surface area (Å²) in [5.74, 6) is 0.221.